The average Bonchev–Trinajstić information content (AvgIpc) is 3.15. The normalized spacial score (nSPS) is 18.9. The van der Waals surface area contributed by atoms with Crippen molar-refractivity contribution in [3.63, 3.8) is 0 Å². The van der Waals surface area contributed by atoms with Crippen molar-refractivity contribution in [3.8, 4) is 0 Å². The Hall–Kier alpha value is -2.11. The van der Waals surface area contributed by atoms with E-state index in [0.717, 1.165) is 36.3 Å². The summed E-state index contributed by atoms with van der Waals surface area (Å²) >= 11 is 0. The van der Waals surface area contributed by atoms with Crippen molar-refractivity contribution in [2.75, 3.05) is 13.1 Å². The molecule has 0 bridgehead atoms. The summed E-state index contributed by atoms with van der Waals surface area (Å²) in [7, 11) is 0. The third-order valence-corrected chi connectivity index (χ3v) is 4.32. The minimum absolute atomic E-state index is 0.0683. The number of hydrogen-bond donors (Lipinski definition) is 1. The minimum atomic E-state index is -0.0683. The zero-order chi connectivity index (χ0) is 15.7. The van der Waals surface area contributed by atoms with Crippen molar-refractivity contribution >= 4 is 5.91 Å². The van der Waals surface area contributed by atoms with Crippen LogP contribution in [0.4, 0.5) is 0 Å². The van der Waals surface area contributed by atoms with E-state index in [0.29, 0.717) is 18.2 Å². The van der Waals surface area contributed by atoms with E-state index < -0.39 is 0 Å². The quantitative estimate of drug-likeness (QED) is 0.946. The molecule has 118 valence electrons. The van der Waals surface area contributed by atoms with Gasteiger partial charge < -0.3 is 9.42 Å². The summed E-state index contributed by atoms with van der Waals surface area (Å²) in [5.74, 6) is 0.840. The summed E-state index contributed by atoms with van der Waals surface area (Å²) in [6.45, 7) is 7.57. The Morgan fingerprint density at radius 3 is 2.95 bits per heavy atom. The van der Waals surface area contributed by atoms with Gasteiger partial charge in [0.15, 0.2) is 0 Å². The van der Waals surface area contributed by atoms with E-state index in [1.165, 1.54) is 0 Å². The van der Waals surface area contributed by atoms with E-state index in [9.17, 15) is 4.79 Å². The van der Waals surface area contributed by atoms with Crippen molar-refractivity contribution < 1.29 is 9.32 Å². The molecule has 3 heterocycles. The lowest BCUT2D eigenvalue weighted by Gasteiger charge is -2.31. The second kappa shape index (κ2) is 5.94. The van der Waals surface area contributed by atoms with Gasteiger partial charge in [-0.2, -0.15) is 5.10 Å². The number of nitrogens with zero attached hydrogens (tertiary/aromatic N) is 3. The van der Waals surface area contributed by atoms with Crippen LogP contribution in [0.15, 0.2) is 16.8 Å². The highest BCUT2D eigenvalue weighted by atomic mass is 16.5. The molecule has 22 heavy (non-hydrogen) atoms. The van der Waals surface area contributed by atoms with Crippen LogP contribution >= 0.6 is 0 Å². The fraction of sp³-hybridized carbons (Fsp3) is 0.562. The van der Waals surface area contributed by atoms with Crippen LogP contribution in [0.2, 0.25) is 0 Å². The molecule has 2 aromatic rings. The van der Waals surface area contributed by atoms with Crippen LogP contribution in [0.25, 0.3) is 0 Å². The van der Waals surface area contributed by atoms with Crippen LogP contribution < -0.4 is 0 Å². The Bertz CT molecular complexity index is 659. The van der Waals surface area contributed by atoms with Gasteiger partial charge in [0.2, 0.25) is 5.76 Å². The maximum absolute atomic E-state index is 12.6. The maximum atomic E-state index is 12.6. The van der Waals surface area contributed by atoms with Crippen LogP contribution in [-0.2, 0) is 0 Å². The Kier molecular flexibility index (Phi) is 4.00. The molecule has 1 unspecified atom stereocenters. The van der Waals surface area contributed by atoms with E-state index in [2.05, 4.69) is 15.4 Å². The summed E-state index contributed by atoms with van der Waals surface area (Å²) in [6.07, 6.45) is 3.89. The number of H-pyrrole nitrogens is 1. The number of hydrogen-bond acceptors (Lipinski definition) is 4. The molecule has 0 saturated carbocycles. The Morgan fingerprint density at radius 2 is 2.32 bits per heavy atom. The molecule has 1 aliphatic heterocycles. The zero-order valence-corrected chi connectivity index (χ0v) is 13.3. The number of aromatic amines is 1. The first-order valence-corrected chi connectivity index (χ1v) is 7.82. The fourth-order valence-electron chi connectivity index (χ4n) is 2.98. The van der Waals surface area contributed by atoms with Gasteiger partial charge in [-0.25, -0.2) is 0 Å². The third kappa shape index (κ3) is 2.77. The monoisotopic (exact) mass is 302 g/mol. The number of carbonyl (C=O) groups is 1. The number of rotatable bonds is 3. The number of piperidine rings is 1. The maximum Gasteiger partial charge on any atom is 0.292 e. The molecular formula is C16H22N4O2. The highest BCUT2D eigenvalue weighted by Crippen LogP contribution is 2.28. The number of aromatic nitrogens is 3. The summed E-state index contributed by atoms with van der Waals surface area (Å²) in [5.41, 5.74) is 3.11. The fourth-order valence-corrected chi connectivity index (χ4v) is 2.98. The number of nitrogens with one attached hydrogen (secondary N) is 1. The van der Waals surface area contributed by atoms with Crippen molar-refractivity contribution in [1.29, 1.82) is 0 Å². The second-order valence-electron chi connectivity index (χ2n) is 6.33. The highest BCUT2D eigenvalue weighted by molar-refractivity contribution is 5.91. The molecule has 0 spiro atoms. The molecule has 6 nitrogen and oxygen atoms in total. The van der Waals surface area contributed by atoms with Gasteiger partial charge in [-0.15, -0.1) is 0 Å². The minimum Gasteiger partial charge on any atom is -0.351 e. The molecule has 6 heteroatoms. The molecule has 0 aromatic carbocycles. The van der Waals surface area contributed by atoms with Crippen molar-refractivity contribution in [3.05, 3.63) is 35.0 Å². The van der Waals surface area contributed by atoms with Crippen molar-refractivity contribution in [2.24, 2.45) is 0 Å². The van der Waals surface area contributed by atoms with Crippen LogP contribution in [0.3, 0.4) is 0 Å². The molecule has 0 aliphatic carbocycles. The van der Waals surface area contributed by atoms with E-state index in [1.807, 2.05) is 31.9 Å². The van der Waals surface area contributed by atoms with Gasteiger partial charge in [-0.1, -0.05) is 19.0 Å². The van der Waals surface area contributed by atoms with Crippen LogP contribution in [0, 0.1) is 6.92 Å². The molecule has 1 fully saturated rings. The van der Waals surface area contributed by atoms with Gasteiger partial charge in [-0.05, 0) is 31.2 Å². The predicted molar refractivity (Wildman–Crippen MR) is 81.8 cm³/mol. The molecule has 1 amide bonds. The van der Waals surface area contributed by atoms with Gasteiger partial charge in [0.1, 0.15) is 0 Å². The average molecular weight is 302 g/mol. The highest BCUT2D eigenvalue weighted by Gasteiger charge is 2.29. The lowest BCUT2D eigenvalue weighted by atomic mass is 9.93. The predicted octanol–water partition coefficient (Wildman–Crippen LogP) is 2.85. The second-order valence-corrected chi connectivity index (χ2v) is 6.33. The van der Waals surface area contributed by atoms with Crippen LogP contribution in [0.5, 0.6) is 0 Å². The van der Waals surface area contributed by atoms with Crippen LogP contribution in [-0.4, -0.2) is 39.3 Å². The smallest absolute Gasteiger partial charge is 0.292 e. The first-order valence-electron chi connectivity index (χ1n) is 7.82. The molecule has 3 rings (SSSR count). The number of carbonyl (C=O) groups excluding carboxylic acids is 1. The molecule has 0 radical (unpaired) electrons. The van der Waals surface area contributed by atoms with Crippen LogP contribution in [0.1, 0.15) is 66.0 Å². The lowest BCUT2D eigenvalue weighted by molar-refractivity contribution is 0.0663. The number of amides is 1. The molecule has 1 N–H and O–H groups in total. The molecule has 1 aliphatic rings. The van der Waals surface area contributed by atoms with Gasteiger partial charge in [0, 0.05) is 30.8 Å². The van der Waals surface area contributed by atoms with Crippen molar-refractivity contribution in [2.45, 2.75) is 45.4 Å². The van der Waals surface area contributed by atoms with Gasteiger partial charge in [0.05, 0.1) is 11.9 Å². The van der Waals surface area contributed by atoms with E-state index >= 15 is 0 Å². The summed E-state index contributed by atoms with van der Waals surface area (Å²) < 4.78 is 5.23. The summed E-state index contributed by atoms with van der Waals surface area (Å²) in [5, 5.41) is 11.1. The summed E-state index contributed by atoms with van der Waals surface area (Å²) in [4.78, 5) is 14.5. The first kappa shape index (κ1) is 14.8. The van der Waals surface area contributed by atoms with Gasteiger partial charge in [-0.3, -0.25) is 9.89 Å². The largest absolute Gasteiger partial charge is 0.351 e. The molecule has 2 aromatic heterocycles. The van der Waals surface area contributed by atoms with Crippen molar-refractivity contribution in [1.82, 2.24) is 20.3 Å². The molecule has 1 atom stereocenters. The van der Waals surface area contributed by atoms with E-state index in [1.54, 1.807) is 6.07 Å². The Morgan fingerprint density at radius 1 is 1.50 bits per heavy atom. The molecular weight excluding hydrogens is 280 g/mol. The standard InChI is InChI=1S/C16H22N4O2/c1-10(2)13-7-14(22-19-13)16(21)20-6-4-5-12(9-20)15-11(3)8-17-18-15/h7-8,10,12H,4-6,9H2,1-3H3,(H,17,18). The molecule has 1 saturated heterocycles. The SMILES string of the molecule is Cc1cn[nH]c1C1CCCN(C(=O)c2cc(C(C)C)no2)C1. The first-order chi connectivity index (χ1) is 10.6. The van der Waals surface area contributed by atoms with Gasteiger partial charge in [0.25, 0.3) is 5.91 Å². The lowest BCUT2D eigenvalue weighted by Crippen LogP contribution is -2.39. The summed E-state index contributed by atoms with van der Waals surface area (Å²) in [6, 6.07) is 1.76. The number of likely N-dealkylation sites (tertiary alicyclic amines) is 1. The number of aryl methyl sites for hydroxylation is 1. The third-order valence-electron chi connectivity index (χ3n) is 4.32. The Labute approximate surface area is 129 Å². The van der Waals surface area contributed by atoms with Gasteiger partial charge >= 0.3 is 0 Å². The van der Waals surface area contributed by atoms with E-state index in [4.69, 9.17) is 4.52 Å². The van der Waals surface area contributed by atoms with E-state index in [-0.39, 0.29) is 11.8 Å². The Balaban J connectivity index is 1.73. The topological polar surface area (TPSA) is 75.0 Å². The zero-order valence-electron chi connectivity index (χ0n) is 13.3.